The average molecular weight is 278 g/mol. The summed E-state index contributed by atoms with van der Waals surface area (Å²) in [5, 5.41) is 0.00250. The van der Waals surface area contributed by atoms with Crippen LogP contribution in [0.2, 0.25) is 0 Å². The molecule has 2 unspecified atom stereocenters. The lowest BCUT2D eigenvalue weighted by molar-refractivity contribution is -0.152. The molecule has 0 N–H and O–H groups in total. The van der Waals surface area contributed by atoms with Crippen LogP contribution < -0.4 is 0 Å². The van der Waals surface area contributed by atoms with E-state index >= 15 is 0 Å². The highest BCUT2D eigenvalue weighted by Crippen LogP contribution is 2.36. The predicted octanol–water partition coefficient (Wildman–Crippen LogP) is 3.08. The van der Waals surface area contributed by atoms with E-state index in [0.717, 1.165) is 17.7 Å². The fourth-order valence-electron chi connectivity index (χ4n) is 2.32. The number of carbonyl (C=O) groups is 2. The molecule has 19 heavy (non-hydrogen) atoms. The summed E-state index contributed by atoms with van der Waals surface area (Å²) in [7, 11) is 0. The van der Waals surface area contributed by atoms with E-state index in [1.807, 2.05) is 30.3 Å². The van der Waals surface area contributed by atoms with Gasteiger partial charge in [-0.05, 0) is 31.9 Å². The van der Waals surface area contributed by atoms with Gasteiger partial charge in [-0.3, -0.25) is 9.59 Å². The first-order chi connectivity index (χ1) is 9.22. The molecule has 0 amide bonds. The summed E-state index contributed by atoms with van der Waals surface area (Å²) in [5.74, 6) is -0.933. The van der Waals surface area contributed by atoms with Gasteiger partial charge < -0.3 is 4.74 Å². The molecule has 0 aromatic heterocycles. The van der Waals surface area contributed by atoms with Crippen molar-refractivity contribution in [2.45, 2.75) is 36.3 Å². The third-order valence-corrected chi connectivity index (χ3v) is 4.56. The van der Waals surface area contributed by atoms with Crippen LogP contribution in [0.1, 0.15) is 26.2 Å². The molecule has 1 aliphatic carbocycles. The standard InChI is InChI=1S/C15H18O3S/c1-2-18-15(17)14-12(16)9-6-10-13(14)19-11-7-4-3-5-8-11/h3-5,7-8,13-14H,2,6,9-10H2,1H3. The van der Waals surface area contributed by atoms with E-state index in [0.29, 0.717) is 13.0 Å². The minimum absolute atomic E-state index is 0.00250. The van der Waals surface area contributed by atoms with Crippen LogP contribution in [0.4, 0.5) is 0 Å². The van der Waals surface area contributed by atoms with Gasteiger partial charge in [0.05, 0.1) is 6.61 Å². The molecule has 1 aromatic rings. The number of esters is 1. The summed E-state index contributed by atoms with van der Waals surface area (Å²) in [4.78, 5) is 25.0. The fraction of sp³-hybridized carbons (Fsp3) is 0.467. The zero-order valence-electron chi connectivity index (χ0n) is 11.0. The third-order valence-electron chi connectivity index (χ3n) is 3.20. The number of ether oxygens (including phenoxy) is 1. The normalized spacial score (nSPS) is 23.1. The monoisotopic (exact) mass is 278 g/mol. The molecule has 2 rings (SSSR count). The second-order valence-corrected chi connectivity index (χ2v) is 5.87. The second kappa shape index (κ2) is 6.75. The maximum absolute atomic E-state index is 12.0. The van der Waals surface area contributed by atoms with Gasteiger partial charge in [0.1, 0.15) is 11.7 Å². The molecule has 0 heterocycles. The number of hydrogen-bond donors (Lipinski definition) is 0. The highest BCUT2D eigenvalue weighted by Gasteiger charge is 2.38. The Morgan fingerprint density at radius 3 is 2.79 bits per heavy atom. The van der Waals surface area contributed by atoms with Gasteiger partial charge in [0.2, 0.25) is 0 Å². The lowest BCUT2D eigenvalue weighted by Crippen LogP contribution is -2.38. The zero-order chi connectivity index (χ0) is 13.7. The molecular formula is C15H18O3S. The Morgan fingerprint density at radius 2 is 2.11 bits per heavy atom. The smallest absolute Gasteiger partial charge is 0.317 e. The Balaban J connectivity index is 2.11. The third kappa shape index (κ3) is 3.60. The summed E-state index contributed by atoms with van der Waals surface area (Å²) in [6.07, 6.45) is 2.24. The lowest BCUT2D eigenvalue weighted by Gasteiger charge is -2.28. The quantitative estimate of drug-likeness (QED) is 0.627. The Morgan fingerprint density at radius 1 is 1.37 bits per heavy atom. The topological polar surface area (TPSA) is 43.4 Å². The van der Waals surface area contributed by atoms with Gasteiger partial charge in [0, 0.05) is 16.6 Å². The van der Waals surface area contributed by atoms with Crippen molar-refractivity contribution in [1.29, 1.82) is 0 Å². The molecule has 0 bridgehead atoms. The van der Waals surface area contributed by atoms with Crippen LogP contribution in [-0.4, -0.2) is 23.6 Å². The van der Waals surface area contributed by atoms with Gasteiger partial charge in [-0.1, -0.05) is 18.2 Å². The highest BCUT2D eigenvalue weighted by molar-refractivity contribution is 8.00. The Bertz CT molecular complexity index is 444. The van der Waals surface area contributed by atoms with Crippen molar-refractivity contribution in [2.24, 2.45) is 5.92 Å². The molecule has 1 saturated carbocycles. The van der Waals surface area contributed by atoms with Crippen molar-refractivity contribution in [2.75, 3.05) is 6.61 Å². The van der Waals surface area contributed by atoms with E-state index in [1.54, 1.807) is 18.7 Å². The first kappa shape index (κ1) is 14.1. The van der Waals surface area contributed by atoms with Gasteiger partial charge in [-0.25, -0.2) is 0 Å². The number of thioether (sulfide) groups is 1. The first-order valence-corrected chi connectivity index (χ1v) is 7.51. The molecule has 3 nitrogen and oxygen atoms in total. The van der Waals surface area contributed by atoms with Crippen LogP contribution in [0, 0.1) is 5.92 Å². The van der Waals surface area contributed by atoms with Crippen molar-refractivity contribution in [1.82, 2.24) is 0 Å². The molecule has 0 aliphatic heterocycles. The van der Waals surface area contributed by atoms with E-state index in [9.17, 15) is 9.59 Å². The van der Waals surface area contributed by atoms with Crippen LogP contribution in [0.15, 0.2) is 35.2 Å². The summed E-state index contributed by atoms with van der Waals surface area (Å²) < 4.78 is 5.05. The van der Waals surface area contributed by atoms with Gasteiger partial charge in [-0.2, -0.15) is 0 Å². The Labute approximate surface area is 117 Å². The molecule has 1 aliphatic rings. The molecular weight excluding hydrogens is 260 g/mol. The second-order valence-electron chi connectivity index (χ2n) is 4.56. The molecule has 102 valence electrons. The zero-order valence-corrected chi connectivity index (χ0v) is 11.8. The van der Waals surface area contributed by atoms with Gasteiger partial charge in [-0.15, -0.1) is 11.8 Å². The van der Waals surface area contributed by atoms with Crippen LogP contribution >= 0.6 is 11.8 Å². The molecule has 0 radical (unpaired) electrons. The van der Waals surface area contributed by atoms with Crippen molar-refractivity contribution in [3.05, 3.63) is 30.3 Å². The van der Waals surface area contributed by atoms with Crippen molar-refractivity contribution in [3.8, 4) is 0 Å². The number of carbonyl (C=O) groups excluding carboxylic acids is 2. The molecule has 0 saturated heterocycles. The maximum Gasteiger partial charge on any atom is 0.317 e. The van der Waals surface area contributed by atoms with Gasteiger partial charge in [0.15, 0.2) is 0 Å². The molecule has 1 aromatic carbocycles. The molecule has 4 heteroatoms. The Kier molecular flexibility index (Phi) is 5.02. The maximum atomic E-state index is 12.0. The van der Waals surface area contributed by atoms with Gasteiger partial charge in [0.25, 0.3) is 0 Å². The van der Waals surface area contributed by atoms with E-state index in [1.165, 1.54) is 0 Å². The number of rotatable bonds is 4. The number of Topliss-reactive ketones (excluding diaryl/α,β-unsaturated/α-hetero) is 1. The van der Waals surface area contributed by atoms with Crippen LogP contribution in [0.25, 0.3) is 0 Å². The van der Waals surface area contributed by atoms with Crippen molar-refractivity contribution in [3.63, 3.8) is 0 Å². The molecule has 0 spiro atoms. The summed E-state index contributed by atoms with van der Waals surface area (Å²) in [6.45, 7) is 2.09. The highest BCUT2D eigenvalue weighted by atomic mass is 32.2. The van der Waals surface area contributed by atoms with Crippen LogP contribution in [-0.2, 0) is 14.3 Å². The SMILES string of the molecule is CCOC(=O)C1C(=O)CCCC1Sc1ccccc1. The van der Waals surface area contributed by atoms with Gasteiger partial charge >= 0.3 is 5.97 Å². The average Bonchev–Trinajstić information content (AvgIpc) is 2.40. The van der Waals surface area contributed by atoms with E-state index in [4.69, 9.17) is 4.74 Å². The predicted molar refractivity (Wildman–Crippen MR) is 75.1 cm³/mol. The molecule has 1 fully saturated rings. The van der Waals surface area contributed by atoms with E-state index in [-0.39, 0.29) is 17.0 Å². The first-order valence-electron chi connectivity index (χ1n) is 6.63. The largest absolute Gasteiger partial charge is 0.465 e. The number of benzene rings is 1. The van der Waals surface area contributed by atoms with Crippen LogP contribution in [0.3, 0.4) is 0 Å². The van der Waals surface area contributed by atoms with E-state index in [2.05, 4.69) is 0 Å². The van der Waals surface area contributed by atoms with E-state index < -0.39 is 5.92 Å². The summed E-state index contributed by atoms with van der Waals surface area (Å²) >= 11 is 1.61. The minimum atomic E-state index is -0.598. The van der Waals surface area contributed by atoms with Crippen molar-refractivity contribution < 1.29 is 14.3 Å². The molecule has 2 atom stereocenters. The lowest BCUT2D eigenvalue weighted by atomic mass is 9.87. The van der Waals surface area contributed by atoms with Crippen LogP contribution in [0.5, 0.6) is 0 Å². The number of ketones is 1. The fourth-order valence-corrected chi connectivity index (χ4v) is 3.67. The Hall–Kier alpha value is -1.29. The minimum Gasteiger partial charge on any atom is -0.465 e. The number of hydrogen-bond acceptors (Lipinski definition) is 4. The summed E-state index contributed by atoms with van der Waals surface area (Å²) in [5.41, 5.74) is 0. The van der Waals surface area contributed by atoms with Crippen molar-refractivity contribution >= 4 is 23.5 Å². The summed E-state index contributed by atoms with van der Waals surface area (Å²) in [6, 6.07) is 9.90.